The SMILES string of the molecule is CCNCCC(O)CN1CCCC1.Cl. The molecular weight excluding hydrogens is 200 g/mol. The predicted octanol–water partition coefficient (Wildman–Crippen LogP) is 0.864. The van der Waals surface area contributed by atoms with Gasteiger partial charge in [0.1, 0.15) is 0 Å². The van der Waals surface area contributed by atoms with E-state index in [-0.39, 0.29) is 18.5 Å². The predicted molar refractivity (Wildman–Crippen MR) is 62.1 cm³/mol. The summed E-state index contributed by atoms with van der Waals surface area (Å²) in [7, 11) is 0. The van der Waals surface area contributed by atoms with Crippen LogP contribution in [0.5, 0.6) is 0 Å². The smallest absolute Gasteiger partial charge is 0.0679 e. The Morgan fingerprint density at radius 1 is 1.36 bits per heavy atom. The van der Waals surface area contributed by atoms with Crippen LogP contribution in [0.25, 0.3) is 0 Å². The largest absolute Gasteiger partial charge is 0.392 e. The summed E-state index contributed by atoms with van der Waals surface area (Å²) >= 11 is 0. The zero-order chi connectivity index (χ0) is 9.52. The third-order valence-corrected chi connectivity index (χ3v) is 2.57. The van der Waals surface area contributed by atoms with Gasteiger partial charge < -0.3 is 15.3 Å². The molecule has 0 spiro atoms. The zero-order valence-corrected chi connectivity index (χ0v) is 9.85. The molecule has 2 N–H and O–H groups in total. The van der Waals surface area contributed by atoms with Crippen molar-refractivity contribution in [1.29, 1.82) is 0 Å². The van der Waals surface area contributed by atoms with E-state index in [0.717, 1.165) is 26.1 Å². The van der Waals surface area contributed by atoms with Gasteiger partial charge in [0, 0.05) is 6.54 Å². The van der Waals surface area contributed by atoms with Gasteiger partial charge in [-0.2, -0.15) is 0 Å². The topological polar surface area (TPSA) is 35.5 Å². The Balaban J connectivity index is 0.00000169. The molecule has 0 aliphatic carbocycles. The van der Waals surface area contributed by atoms with Gasteiger partial charge in [-0.15, -0.1) is 12.4 Å². The van der Waals surface area contributed by atoms with Crippen LogP contribution in [0.2, 0.25) is 0 Å². The van der Waals surface area contributed by atoms with Crippen molar-refractivity contribution in [3.63, 3.8) is 0 Å². The standard InChI is InChI=1S/C10H22N2O.ClH/c1-2-11-6-5-10(13)9-12-7-3-4-8-12;/h10-11,13H,2-9H2,1H3;1H. The van der Waals surface area contributed by atoms with Crippen molar-refractivity contribution < 1.29 is 5.11 Å². The summed E-state index contributed by atoms with van der Waals surface area (Å²) < 4.78 is 0. The second kappa shape index (κ2) is 8.48. The van der Waals surface area contributed by atoms with Crippen LogP contribution in [0, 0.1) is 0 Å². The van der Waals surface area contributed by atoms with Crippen molar-refractivity contribution in [2.45, 2.75) is 32.3 Å². The minimum absolute atomic E-state index is 0. The van der Waals surface area contributed by atoms with Gasteiger partial charge >= 0.3 is 0 Å². The van der Waals surface area contributed by atoms with Gasteiger partial charge in [-0.25, -0.2) is 0 Å². The highest BCUT2D eigenvalue weighted by Gasteiger charge is 2.14. The van der Waals surface area contributed by atoms with Crippen LogP contribution in [0.4, 0.5) is 0 Å². The van der Waals surface area contributed by atoms with Crippen LogP contribution in [0.1, 0.15) is 26.2 Å². The molecule has 0 aromatic carbocycles. The first-order valence-electron chi connectivity index (χ1n) is 5.44. The minimum Gasteiger partial charge on any atom is -0.392 e. The fourth-order valence-corrected chi connectivity index (χ4v) is 1.80. The molecule has 3 nitrogen and oxygen atoms in total. The lowest BCUT2D eigenvalue weighted by molar-refractivity contribution is 0.117. The molecule has 1 heterocycles. The number of nitrogens with zero attached hydrogens (tertiary/aromatic N) is 1. The van der Waals surface area contributed by atoms with E-state index in [1.807, 2.05) is 0 Å². The lowest BCUT2D eigenvalue weighted by atomic mass is 10.2. The molecule has 0 aromatic rings. The van der Waals surface area contributed by atoms with Crippen LogP contribution < -0.4 is 5.32 Å². The summed E-state index contributed by atoms with van der Waals surface area (Å²) in [6, 6.07) is 0. The van der Waals surface area contributed by atoms with Crippen molar-refractivity contribution in [2.24, 2.45) is 0 Å². The molecule has 0 saturated carbocycles. The second-order valence-corrected chi connectivity index (χ2v) is 3.80. The molecule has 86 valence electrons. The Morgan fingerprint density at radius 2 is 2.00 bits per heavy atom. The van der Waals surface area contributed by atoms with E-state index in [4.69, 9.17) is 0 Å². The highest BCUT2D eigenvalue weighted by atomic mass is 35.5. The third kappa shape index (κ3) is 5.81. The van der Waals surface area contributed by atoms with E-state index in [0.29, 0.717) is 0 Å². The Bertz CT molecular complexity index is 129. The van der Waals surface area contributed by atoms with Crippen molar-refractivity contribution in [1.82, 2.24) is 10.2 Å². The van der Waals surface area contributed by atoms with Crippen LogP contribution >= 0.6 is 12.4 Å². The first-order chi connectivity index (χ1) is 6.33. The molecule has 0 aromatic heterocycles. The van der Waals surface area contributed by atoms with Crippen LogP contribution in [-0.2, 0) is 0 Å². The average molecular weight is 223 g/mol. The van der Waals surface area contributed by atoms with Crippen molar-refractivity contribution in [3.8, 4) is 0 Å². The lowest BCUT2D eigenvalue weighted by Gasteiger charge is -2.19. The van der Waals surface area contributed by atoms with E-state index in [9.17, 15) is 5.11 Å². The first kappa shape index (κ1) is 14.2. The molecule has 0 radical (unpaired) electrons. The van der Waals surface area contributed by atoms with Crippen molar-refractivity contribution in [2.75, 3.05) is 32.7 Å². The quantitative estimate of drug-likeness (QED) is 0.655. The van der Waals surface area contributed by atoms with Crippen LogP contribution in [0.3, 0.4) is 0 Å². The summed E-state index contributed by atoms with van der Waals surface area (Å²) in [5, 5.41) is 12.9. The molecule has 1 atom stereocenters. The van der Waals surface area contributed by atoms with Crippen LogP contribution in [0.15, 0.2) is 0 Å². The lowest BCUT2D eigenvalue weighted by Crippen LogP contribution is -2.32. The maximum absolute atomic E-state index is 9.65. The Labute approximate surface area is 93.3 Å². The minimum atomic E-state index is -0.142. The molecule has 1 aliphatic rings. The fourth-order valence-electron chi connectivity index (χ4n) is 1.80. The van der Waals surface area contributed by atoms with Gasteiger partial charge in [-0.1, -0.05) is 6.92 Å². The molecular formula is C10H23ClN2O. The fraction of sp³-hybridized carbons (Fsp3) is 1.00. The van der Waals surface area contributed by atoms with Gasteiger partial charge in [-0.3, -0.25) is 0 Å². The normalized spacial score (nSPS) is 19.3. The monoisotopic (exact) mass is 222 g/mol. The number of rotatable bonds is 6. The van der Waals surface area contributed by atoms with Gasteiger partial charge in [0.15, 0.2) is 0 Å². The molecule has 1 aliphatic heterocycles. The first-order valence-corrected chi connectivity index (χ1v) is 5.44. The van der Waals surface area contributed by atoms with Crippen LogP contribution in [-0.4, -0.2) is 48.8 Å². The highest BCUT2D eigenvalue weighted by Crippen LogP contribution is 2.08. The number of hydrogen-bond donors (Lipinski definition) is 2. The molecule has 1 fully saturated rings. The number of likely N-dealkylation sites (tertiary alicyclic amines) is 1. The zero-order valence-electron chi connectivity index (χ0n) is 9.04. The van der Waals surface area contributed by atoms with E-state index in [1.165, 1.54) is 25.9 Å². The Morgan fingerprint density at radius 3 is 2.57 bits per heavy atom. The van der Waals surface area contributed by atoms with Gasteiger partial charge in [0.2, 0.25) is 0 Å². The number of aliphatic hydroxyl groups is 1. The summed E-state index contributed by atoms with van der Waals surface area (Å²) in [5.41, 5.74) is 0. The van der Waals surface area contributed by atoms with E-state index in [2.05, 4.69) is 17.1 Å². The number of aliphatic hydroxyl groups excluding tert-OH is 1. The maximum Gasteiger partial charge on any atom is 0.0679 e. The molecule has 1 unspecified atom stereocenters. The third-order valence-electron chi connectivity index (χ3n) is 2.57. The van der Waals surface area contributed by atoms with Gasteiger partial charge in [0.05, 0.1) is 6.10 Å². The Kier molecular flexibility index (Phi) is 8.58. The van der Waals surface area contributed by atoms with Crippen molar-refractivity contribution >= 4 is 12.4 Å². The molecule has 0 amide bonds. The summed E-state index contributed by atoms with van der Waals surface area (Å²) in [6.45, 7) is 7.25. The van der Waals surface area contributed by atoms with Gasteiger partial charge in [-0.05, 0) is 45.4 Å². The molecule has 4 heteroatoms. The van der Waals surface area contributed by atoms with E-state index >= 15 is 0 Å². The number of hydrogen-bond acceptors (Lipinski definition) is 3. The number of nitrogens with one attached hydrogen (secondary N) is 1. The van der Waals surface area contributed by atoms with Crippen molar-refractivity contribution in [3.05, 3.63) is 0 Å². The van der Waals surface area contributed by atoms with E-state index in [1.54, 1.807) is 0 Å². The molecule has 0 bridgehead atoms. The van der Waals surface area contributed by atoms with Gasteiger partial charge in [0.25, 0.3) is 0 Å². The molecule has 1 saturated heterocycles. The summed E-state index contributed by atoms with van der Waals surface area (Å²) in [5.74, 6) is 0. The summed E-state index contributed by atoms with van der Waals surface area (Å²) in [4.78, 5) is 2.36. The highest BCUT2D eigenvalue weighted by molar-refractivity contribution is 5.85. The average Bonchev–Trinajstić information content (AvgIpc) is 2.57. The second-order valence-electron chi connectivity index (χ2n) is 3.80. The molecule has 1 rings (SSSR count). The van der Waals surface area contributed by atoms with E-state index < -0.39 is 0 Å². The summed E-state index contributed by atoms with van der Waals surface area (Å²) in [6.07, 6.45) is 3.35. The number of halogens is 1. The maximum atomic E-state index is 9.65. The molecule has 14 heavy (non-hydrogen) atoms. The Hall–Kier alpha value is 0.170. The number of β-amino-alcohol motifs (C(OH)–C–C–N with tert-alkyl or cyclic N) is 1.